The molecule has 0 spiro atoms. The normalized spacial score (nSPS) is 15.2. The number of nitrogens with one attached hydrogen (secondary N) is 1. The van der Waals surface area contributed by atoms with Crippen LogP contribution >= 0.6 is 0 Å². The van der Waals surface area contributed by atoms with Crippen molar-refractivity contribution in [2.75, 3.05) is 0 Å². The molecule has 2 N–H and O–H groups in total. The molecule has 5 aromatic rings. The number of carbonyl (C=O) groups is 2. The molecule has 2 heterocycles. The molecule has 6 rings (SSSR count). The number of hydrogen-bond donors (Lipinski definition) is 2. The summed E-state index contributed by atoms with van der Waals surface area (Å²) >= 11 is 0. The van der Waals surface area contributed by atoms with Gasteiger partial charge in [0.15, 0.2) is 6.04 Å². The summed E-state index contributed by atoms with van der Waals surface area (Å²) in [5.74, 6) is -1.48. The van der Waals surface area contributed by atoms with E-state index in [1.54, 1.807) is 0 Å². The first-order valence-corrected chi connectivity index (χ1v) is 15.3. The number of hydrogen-bond acceptors (Lipinski definition) is 3. The van der Waals surface area contributed by atoms with Crippen molar-refractivity contribution in [3.63, 3.8) is 0 Å². The molecule has 0 saturated heterocycles. The predicted molar refractivity (Wildman–Crippen MR) is 171 cm³/mol. The van der Waals surface area contributed by atoms with E-state index in [0.717, 1.165) is 64.8 Å². The van der Waals surface area contributed by atoms with Gasteiger partial charge >= 0.3 is 5.97 Å². The van der Waals surface area contributed by atoms with Crippen LogP contribution in [-0.2, 0) is 16.1 Å². The maximum atomic E-state index is 13.9. The van der Waals surface area contributed by atoms with Gasteiger partial charge in [-0.2, -0.15) is 0 Å². The minimum absolute atomic E-state index is 0.187. The van der Waals surface area contributed by atoms with Gasteiger partial charge in [-0.15, -0.1) is 0 Å². The van der Waals surface area contributed by atoms with Gasteiger partial charge in [0.1, 0.15) is 5.65 Å². The lowest BCUT2D eigenvalue weighted by Gasteiger charge is -2.26. The summed E-state index contributed by atoms with van der Waals surface area (Å²) in [5.41, 5.74) is 8.95. The van der Waals surface area contributed by atoms with Crippen LogP contribution in [0, 0.1) is 33.6 Å². The van der Waals surface area contributed by atoms with E-state index in [2.05, 4.69) is 71.4 Å². The number of aliphatic carboxylic acids is 1. The number of nitrogens with zero attached hydrogens (tertiary/aromatic N) is 2. The van der Waals surface area contributed by atoms with E-state index in [9.17, 15) is 14.7 Å². The minimum Gasteiger partial charge on any atom is -0.479 e. The van der Waals surface area contributed by atoms with Crippen molar-refractivity contribution in [3.8, 4) is 0 Å². The number of carbonyl (C=O) groups excluding carboxylic acids is 1. The number of benzene rings is 3. The SMILES string of the molecule is Cc1ccc(C(NC(=O)C(c2ccc(Cn3c4ccccc4c4c(C)cc(C)nc43)cc2)C2CCCC2)C(=O)O)c(C)c1. The quantitative estimate of drug-likeness (QED) is 0.199. The molecule has 2 aromatic heterocycles. The van der Waals surface area contributed by atoms with E-state index in [4.69, 9.17) is 4.98 Å². The van der Waals surface area contributed by atoms with Gasteiger partial charge in [0.05, 0.1) is 11.4 Å². The fraction of sp³-hybridized carbons (Fsp3) is 0.324. The molecule has 1 amide bonds. The molecule has 220 valence electrons. The summed E-state index contributed by atoms with van der Waals surface area (Å²) < 4.78 is 2.28. The highest BCUT2D eigenvalue weighted by atomic mass is 16.4. The third-order valence-corrected chi connectivity index (χ3v) is 9.15. The molecule has 1 aliphatic rings. The van der Waals surface area contributed by atoms with Crippen LogP contribution in [-0.4, -0.2) is 26.5 Å². The maximum absolute atomic E-state index is 13.9. The zero-order valence-corrected chi connectivity index (χ0v) is 25.4. The molecule has 0 radical (unpaired) electrons. The second-order valence-electron chi connectivity index (χ2n) is 12.3. The Labute approximate surface area is 252 Å². The molecule has 0 aliphatic heterocycles. The van der Waals surface area contributed by atoms with E-state index >= 15 is 0 Å². The number of pyridine rings is 1. The molecule has 2 atom stereocenters. The summed E-state index contributed by atoms with van der Waals surface area (Å²) in [6.07, 6.45) is 4.11. The summed E-state index contributed by atoms with van der Waals surface area (Å²) in [6.45, 7) is 8.71. The highest BCUT2D eigenvalue weighted by Gasteiger charge is 2.35. The summed E-state index contributed by atoms with van der Waals surface area (Å²) in [4.78, 5) is 31.2. The third-order valence-electron chi connectivity index (χ3n) is 9.15. The Kier molecular flexibility index (Phi) is 7.78. The predicted octanol–water partition coefficient (Wildman–Crippen LogP) is 7.69. The first-order chi connectivity index (χ1) is 20.7. The van der Waals surface area contributed by atoms with Gasteiger partial charge in [-0.3, -0.25) is 4.79 Å². The van der Waals surface area contributed by atoms with Crippen LogP contribution in [0.1, 0.15) is 76.7 Å². The van der Waals surface area contributed by atoms with Gasteiger partial charge in [-0.05, 0) is 86.4 Å². The molecule has 3 aromatic carbocycles. The lowest BCUT2D eigenvalue weighted by molar-refractivity contribution is -0.142. The number of aryl methyl sites for hydroxylation is 4. The molecule has 1 aliphatic carbocycles. The number of rotatable bonds is 8. The lowest BCUT2D eigenvalue weighted by Crippen LogP contribution is -2.39. The van der Waals surface area contributed by atoms with Crippen LogP contribution < -0.4 is 5.32 Å². The van der Waals surface area contributed by atoms with Crippen LogP contribution in [0.4, 0.5) is 0 Å². The average Bonchev–Trinajstić information content (AvgIpc) is 3.60. The lowest BCUT2D eigenvalue weighted by atomic mass is 9.83. The molecular formula is C37H39N3O3. The van der Waals surface area contributed by atoms with E-state index in [1.165, 1.54) is 16.3 Å². The van der Waals surface area contributed by atoms with Crippen LogP contribution in [0.15, 0.2) is 72.8 Å². The van der Waals surface area contributed by atoms with Crippen LogP contribution in [0.25, 0.3) is 21.9 Å². The smallest absolute Gasteiger partial charge is 0.330 e. The van der Waals surface area contributed by atoms with Crippen LogP contribution in [0.5, 0.6) is 0 Å². The van der Waals surface area contributed by atoms with Crippen molar-refractivity contribution in [1.82, 2.24) is 14.9 Å². The Morgan fingerprint density at radius 2 is 1.65 bits per heavy atom. The second kappa shape index (κ2) is 11.7. The molecule has 1 saturated carbocycles. The van der Waals surface area contributed by atoms with Crippen molar-refractivity contribution in [2.24, 2.45) is 5.92 Å². The summed E-state index contributed by atoms with van der Waals surface area (Å²) in [5, 5.41) is 15.4. The van der Waals surface area contributed by atoms with Crippen molar-refractivity contribution in [2.45, 2.75) is 71.9 Å². The zero-order valence-electron chi connectivity index (χ0n) is 25.4. The largest absolute Gasteiger partial charge is 0.479 e. The van der Waals surface area contributed by atoms with E-state index in [0.29, 0.717) is 12.1 Å². The molecule has 1 fully saturated rings. The van der Waals surface area contributed by atoms with E-state index in [1.807, 2.05) is 39.0 Å². The van der Waals surface area contributed by atoms with Gasteiger partial charge in [0.25, 0.3) is 0 Å². The van der Waals surface area contributed by atoms with Gasteiger partial charge in [0.2, 0.25) is 5.91 Å². The van der Waals surface area contributed by atoms with Gasteiger partial charge in [0, 0.05) is 23.0 Å². The highest BCUT2D eigenvalue weighted by Crippen LogP contribution is 2.38. The Morgan fingerprint density at radius 1 is 0.930 bits per heavy atom. The number of carboxylic acid groups (broad SMARTS) is 1. The Hall–Kier alpha value is -4.45. The first-order valence-electron chi connectivity index (χ1n) is 15.3. The number of aromatic nitrogens is 2. The minimum atomic E-state index is -1.09. The van der Waals surface area contributed by atoms with E-state index < -0.39 is 17.9 Å². The summed E-state index contributed by atoms with van der Waals surface area (Å²) in [6, 6.07) is 23.5. The third kappa shape index (κ3) is 5.54. The second-order valence-corrected chi connectivity index (χ2v) is 12.3. The molecule has 0 bridgehead atoms. The number of amides is 1. The Bertz CT molecular complexity index is 1830. The van der Waals surface area contributed by atoms with Gasteiger partial charge in [-0.25, -0.2) is 9.78 Å². The topological polar surface area (TPSA) is 84.2 Å². The number of para-hydroxylation sites is 1. The number of carboxylic acids is 1. The Balaban J connectivity index is 1.31. The standard InChI is InChI=1S/C37H39N3O3/c1-22-13-18-29(23(2)19-22)34(37(42)43)39-36(41)33(27-9-5-6-10-27)28-16-14-26(15-17-28)21-40-31-12-8-7-11-30(31)32-24(3)20-25(4)38-35(32)40/h7-8,11-20,27,33-34H,5-6,9-10,21H2,1-4H3,(H,39,41)(H,42,43). The fourth-order valence-electron chi connectivity index (χ4n) is 7.14. The molecule has 6 nitrogen and oxygen atoms in total. The number of fused-ring (bicyclic) bond motifs is 3. The highest BCUT2D eigenvalue weighted by molar-refractivity contribution is 6.08. The molecule has 2 unspecified atom stereocenters. The van der Waals surface area contributed by atoms with E-state index in [-0.39, 0.29) is 11.8 Å². The monoisotopic (exact) mass is 573 g/mol. The fourth-order valence-corrected chi connectivity index (χ4v) is 7.14. The zero-order chi connectivity index (χ0) is 30.2. The molecular weight excluding hydrogens is 534 g/mol. The summed E-state index contributed by atoms with van der Waals surface area (Å²) in [7, 11) is 0. The molecule has 6 heteroatoms. The molecule has 43 heavy (non-hydrogen) atoms. The Morgan fingerprint density at radius 3 is 2.35 bits per heavy atom. The van der Waals surface area contributed by atoms with Crippen molar-refractivity contribution in [1.29, 1.82) is 0 Å². The maximum Gasteiger partial charge on any atom is 0.330 e. The average molecular weight is 574 g/mol. The van der Waals surface area contributed by atoms with Gasteiger partial charge in [-0.1, -0.05) is 79.1 Å². The van der Waals surface area contributed by atoms with Crippen molar-refractivity contribution in [3.05, 3.63) is 112 Å². The van der Waals surface area contributed by atoms with Crippen LogP contribution in [0.3, 0.4) is 0 Å². The van der Waals surface area contributed by atoms with Crippen molar-refractivity contribution >= 4 is 33.8 Å². The van der Waals surface area contributed by atoms with Crippen LogP contribution in [0.2, 0.25) is 0 Å². The van der Waals surface area contributed by atoms with Gasteiger partial charge < -0.3 is 15.0 Å². The van der Waals surface area contributed by atoms with Crippen molar-refractivity contribution < 1.29 is 14.7 Å². The first kappa shape index (κ1) is 28.7.